The van der Waals surface area contributed by atoms with Crippen LogP contribution in [0.25, 0.3) is 0 Å². The predicted octanol–water partition coefficient (Wildman–Crippen LogP) is 4.73. The monoisotopic (exact) mass is 204 g/mol. The first-order valence-electron chi connectivity index (χ1n) is 6.41. The number of rotatable bonds is 1. The van der Waals surface area contributed by atoms with Crippen LogP contribution in [-0.2, 0) is 0 Å². The quantitative estimate of drug-likeness (QED) is 0.542. The molecule has 0 aromatic rings. The van der Waals surface area contributed by atoms with Gasteiger partial charge in [-0.25, -0.2) is 0 Å². The van der Waals surface area contributed by atoms with Gasteiger partial charge in [0, 0.05) is 5.92 Å². The van der Waals surface area contributed by atoms with Gasteiger partial charge in [0.1, 0.15) is 0 Å². The van der Waals surface area contributed by atoms with Crippen LogP contribution in [0, 0.1) is 17.3 Å². The first-order chi connectivity index (χ1) is 7.03. The zero-order valence-corrected chi connectivity index (χ0v) is 10.5. The largest absolute Gasteiger partial charge is 0.0992 e. The minimum Gasteiger partial charge on any atom is -0.0992 e. The van der Waals surface area contributed by atoms with Crippen molar-refractivity contribution >= 4 is 0 Å². The molecule has 0 nitrogen and oxygen atoms in total. The van der Waals surface area contributed by atoms with Crippen molar-refractivity contribution < 1.29 is 0 Å². The Hall–Kier alpha value is -0.520. The Morgan fingerprint density at radius 1 is 1.33 bits per heavy atom. The Morgan fingerprint density at radius 2 is 2.07 bits per heavy atom. The van der Waals surface area contributed by atoms with Gasteiger partial charge in [-0.15, -0.1) is 0 Å². The second-order valence-corrected chi connectivity index (χ2v) is 6.04. The molecule has 0 aromatic heterocycles. The topological polar surface area (TPSA) is 0 Å². The molecule has 2 rings (SSSR count). The lowest BCUT2D eigenvalue weighted by atomic mass is 9.59. The van der Waals surface area contributed by atoms with Crippen molar-refractivity contribution in [2.75, 3.05) is 0 Å². The van der Waals surface area contributed by atoms with Crippen LogP contribution in [0.1, 0.15) is 52.9 Å². The zero-order chi connectivity index (χ0) is 11.1. The van der Waals surface area contributed by atoms with Crippen molar-refractivity contribution in [2.24, 2.45) is 17.3 Å². The van der Waals surface area contributed by atoms with E-state index in [1.165, 1.54) is 37.7 Å². The second kappa shape index (κ2) is 3.81. The van der Waals surface area contributed by atoms with Gasteiger partial charge < -0.3 is 0 Å². The van der Waals surface area contributed by atoms with E-state index in [0.29, 0.717) is 11.3 Å². The average molecular weight is 204 g/mol. The molecule has 2 atom stereocenters. The standard InChI is InChI=1S/C15H24/c1-11(2)13-7-9-15(4)8-5-6-12(3)14(15)10-13/h10-11,14H,3,5-9H2,1-2,4H3/t14-,15-/m1/s1. The van der Waals surface area contributed by atoms with E-state index in [-0.39, 0.29) is 0 Å². The van der Waals surface area contributed by atoms with Gasteiger partial charge in [-0.05, 0) is 43.4 Å². The molecule has 0 unspecified atom stereocenters. The fourth-order valence-corrected chi connectivity index (χ4v) is 3.33. The molecule has 0 spiro atoms. The van der Waals surface area contributed by atoms with Crippen molar-refractivity contribution in [3.8, 4) is 0 Å². The predicted molar refractivity (Wildman–Crippen MR) is 66.7 cm³/mol. The second-order valence-electron chi connectivity index (χ2n) is 6.04. The Balaban J connectivity index is 2.28. The van der Waals surface area contributed by atoms with Gasteiger partial charge in [-0.3, -0.25) is 0 Å². The molecule has 2 aliphatic rings. The molecular weight excluding hydrogens is 180 g/mol. The third-order valence-corrected chi connectivity index (χ3v) is 4.54. The van der Waals surface area contributed by atoms with E-state index in [1.807, 2.05) is 0 Å². The average Bonchev–Trinajstić information content (AvgIpc) is 2.17. The van der Waals surface area contributed by atoms with E-state index < -0.39 is 0 Å². The molecule has 2 aliphatic carbocycles. The summed E-state index contributed by atoms with van der Waals surface area (Å²) in [5, 5.41) is 0. The number of allylic oxidation sites excluding steroid dienone is 3. The highest BCUT2D eigenvalue weighted by molar-refractivity contribution is 5.25. The minimum atomic E-state index is 0.535. The summed E-state index contributed by atoms with van der Waals surface area (Å²) in [5.74, 6) is 1.40. The summed E-state index contributed by atoms with van der Waals surface area (Å²) in [6, 6.07) is 0. The zero-order valence-electron chi connectivity index (χ0n) is 10.5. The van der Waals surface area contributed by atoms with Crippen molar-refractivity contribution in [2.45, 2.75) is 52.9 Å². The molecule has 1 fully saturated rings. The highest BCUT2D eigenvalue weighted by Gasteiger charge is 2.39. The third kappa shape index (κ3) is 1.91. The van der Waals surface area contributed by atoms with Crippen LogP contribution in [0.15, 0.2) is 23.8 Å². The van der Waals surface area contributed by atoms with Crippen LogP contribution in [0.5, 0.6) is 0 Å². The maximum atomic E-state index is 4.29. The van der Waals surface area contributed by atoms with Crippen LogP contribution >= 0.6 is 0 Å². The summed E-state index contributed by atoms with van der Waals surface area (Å²) in [6.45, 7) is 11.4. The van der Waals surface area contributed by atoms with E-state index in [9.17, 15) is 0 Å². The van der Waals surface area contributed by atoms with E-state index in [2.05, 4.69) is 33.4 Å². The number of hydrogen-bond donors (Lipinski definition) is 0. The summed E-state index contributed by atoms with van der Waals surface area (Å²) in [7, 11) is 0. The summed E-state index contributed by atoms with van der Waals surface area (Å²) in [5.41, 5.74) is 3.69. The normalized spacial score (nSPS) is 36.4. The van der Waals surface area contributed by atoms with Crippen LogP contribution in [0.3, 0.4) is 0 Å². The Morgan fingerprint density at radius 3 is 2.73 bits per heavy atom. The molecular formula is C15H24. The van der Waals surface area contributed by atoms with Gasteiger partial charge in [0.25, 0.3) is 0 Å². The lowest BCUT2D eigenvalue weighted by molar-refractivity contribution is 0.168. The summed E-state index contributed by atoms with van der Waals surface area (Å²) in [6.07, 6.45) is 9.26. The maximum absolute atomic E-state index is 4.29. The SMILES string of the molecule is C=C1CCC[C@]2(C)CCC(C(C)C)=C[C@H]12. The minimum absolute atomic E-state index is 0.535. The van der Waals surface area contributed by atoms with Crippen molar-refractivity contribution in [3.05, 3.63) is 23.8 Å². The van der Waals surface area contributed by atoms with Crippen LogP contribution in [0.2, 0.25) is 0 Å². The van der Waals surface area contributed by atoms with Crippen LogP contribution in [-0.4, -0.2) is 0 Å². The van der Waals surface area contributed by atoms with E-state index in [1.54, 1.807) is 5.57 Å². The Kier molecular flexibility index (Phi) is 2.79. The van der Waals surface area contributed by atoms with Gasteiger partial charge in [-0.2, -0.15) is 0 Å². The molecule has 15 heavy (non-hydrogen) atoms. The van der Waals surface area contributed by atoms with Gasteiger partial charge >= 0.3 is 0 Å². The van der Waals surface area contributed by atoms with Gasteiger partial charge in [0.2, 0.25) is 0 Å². The molecule has 1 saturated carbocycles. The lowest BCUT2D eigenvalue weighted by Gasteiger charge is -2.45. The van der Waals surface area contributed by atoms with Crippen molar-refractivity contribution in [3.63, 3.8) is 0 Å². The van der Waals surface area contributed by atoms with E-state index in [0.717, 1.165) is 5.92 Å². The molecule has 0 aliphatic heterocycles. The third-order valence-electron chi connectivity index (χ3n) is 4.54. The van der Waals surface area contributed by atoms with E-state index >= 15 is 0 Å². The summed E-state index contributed by atoms with van der Waals surface area (Å²) in [4.78, 5) is 0. The van der Waals surface area contributed by atoms with Crippen LogP contribution in [0.4, 0.5) is 0 Å². The molecule has 0 N–H and O–H groups in total. The van der Waals surface area contributed by atoms with Crippen molar-refractivity contribution in [1.29, 1.82) is 0 Å². The molecule has 0 amide bonds. The molecule has 0 heterocycles. The fourth-order valence-electron chi connectivity index (χ4n) is 3.33. The number of fused-ring (bicyclic) bond motifs is 1. The smallest absolute Gasteiger partial charge is 0.00308 e. The molecule has 0 heteroatoms. The molecule has 0 bridgehead atoms. The van der Waals surface area contributed by atoms with Gasteiger partial charge in [0.05, 0.1) is 0 Å². The first kappa shape index (κ1) is 11.0. The lowest BCUT2D eigenvalue weighted by Crippen LogP contribution is -2.34. The summed E-state index contributed by atoms with van der Waals surface area (Å²) >= 11 is 0. The molecule has 0 aromatic carbocycles. The van der Waals surface area contributed by atoms with E-state index in [4.69, 9.17) is 0 Å². The molecule has 0 saturated heterocycles. The Labute approximate surface area is 94.5 Å². The maximum Gasteiger partial charge on any atom is 0.00308 e. The highest BCUT2D eigenvalue weighted by atomic mass is 14.4. The van der Waals surface area contributed by atoms with Gasteiger partial charge in [0.15, 0.2) is 0 Å². The molecule has 0 radical (unpaired) electrons. The van der Waals surface area contributed by atoms with Crippen molar-refractivity contribution in [1.82, 2.24) is 0 Å². The van der Waals surface area contributed by atoms with Gasteiger partial charge in [-0.1, -0.05) is 44.6 Å². The van der Waals surface area contributed by atoms with Crippen LogP contribution < -0.4 is 0 Å². The Bertz CT molecular complexity index is 295. The highest BCUT2D eigenvalue weighted by Crippen LogP contribution is 2.51. The summed E-state index contributed by atoms with van der Waals surface area (Å²) < 4.78 is 0. The molecule has 84 valence electrons. The number of hydrogen-bond acceptors (Lipinski definition) is 0. The first-order valence-corrected chi connectivity index (χ1v) is 6.41. The fraction of sp³-hybridized carbons (Fsp3) is 0.733.